The Morgan fingerprint density at radius 2 is 1.65 bits per heavy atom. The molecular weight excluding hydrogens is 298 g/mol. The van der Waals surface area contributed by atoms with Gasteiger partial charge in [0.05, 0.1) is 23.4 Å². The molecule has 6 nitrogen and oxygen atoms in total. The normalized spacial score (nSPS) is 12.7. The fraction of sp³-hybridized carbons (Fsp3) is 0.176. The lowest BCUT2D eigenvalue weighted by atomic mass is 9.82. The summed E-state index contributed by atoms with van der Waals surface area (Å²) in [6, 6.07) is 7.59. The molecule has 0 amide bonds. The van der Waals surface area contributed by atoms with Gasteiger partial charge in [-0.25, -0.2) is 0 Å². The predicted molar refractivity (Wildman–Crippen MR) is 83.4 cm³/mol. The van der Waals surface area contributed by atoms with Gasteiger partial charge in [-0.15, -0.1) is 0 Å². The number of carbonyl (C=O) groups is 2. The van der Waals surface area contributed by atoms with E-state index in [4.69, 9.17) is 4.74 Å². The lowest BCUT2D eigenvalue weighted by Crippen LogP contribution is -2.21. The summed E-state index contributed by atoms with van der Waals surface area (Å²) in [5, 5.41) is 23.4. The van der Waals surface area contributed by atoms with Crippen LogP contribution in [-0.4, -0.2) is 42.0 Å². The van der Waals surface area contributed by atoms with Crippen molar-refractivity contribution in [3.05, 3.63) is 52.6 Å². The lowest BCUT2D eigenvalue weighted by molar-refractivity contribution is 0.0974. The molecule has 3 rings (SSSR count). The third-order valence-corrected chi connectivity index (χ3v) is 3.77. The Kier molecular flexibility index (Phi) is 3.75. The molecule has 1 aliphatic carbocycles. The van der Waals surface area contributed by atoms with E-state index in [0.717, 1.165) is 0 Å². The molecule has 0 heterocycles. The molecule has 0 saturated carbocycles. The number of fused-ring (bicyclic) bond motifs is 2. The van der Waals surface area contributed by atoms with E-state index in [0.29, 0.717) is 13.2 Å². The summed E-state index contributed by atoms with van der Waals surface area (Å²) in [5.41, 5.74) is 0.282. The lowest BCUT2D eigenvalue weighted by Gasteiger charge is -2.21. The Labute approximate surface area is 132 Å². The molecule has 0 unspecified atom stereocenters. The van der Waals surface area contributed by atoms with Crippen LogP contribution in [0.4, 0.5) is 5.69 Å². The smallest absolute Gasteiger partial charge is 0.198 e. The number of ketones is 2. The SMILES string of the molecule is COCCNc1cc(O)c2c(c1O)C(=O)c1ccccc1C2=O. The van der Waals surface area contributed by atoms with Gasteiger partial charge in [0, 0.05) is 30.8 Å². The van der Waals surface area contributed by atoms with Gasteiger partial charge in [-0.1, -0.05) is 24.3 Å². The van der Waals surface area contributed by atoms with Crippen LogP contribution >= 0.6 is 0 Å². The standard InChI is InChI=1S/C17H15NO5/c1-23-7-6-18-11-8-12(19)13-14(17(11)22)16(21)10-5-3-2-4-9(10)15(13)20/h2-5,8,18-19,22H,6-7H2,1H3. The molecule has 2 aromatic rings. The molecule has 0 fully saturated rings. The zero-order valence-corrected chi connectivity index (χ0v) is 12.4. The van der Waals surface area contributed by atoms with E-state index >= 15 is 0 Å². The van der Waals surface area contributed by atoms with Crippen molar-refractivity contribution in [2.45, 2.75) is 0 Å². The van der Waals surface area contributed by atoms with Crippen LogP contribution in [0.3, 0.4) is 0 Å². The van der Waals surface area contributed by atoms with E-state index in [1.807, 2.05) is 0 Å². The van der Waals surface area contributed by atoms with Crippen molar-refractivity contribution in [2.75, 3.05) is 25.6 Å². The van der Waals surface area contributed by atoms with Crippen LogP contribution in [-0.2, 0) is 4.74 Å². The number of ether oxygens (including phenoxy) is 1. The first-order valence-corrected chi connectivity index (χ1v) is 7.06. The number of rotatable bonds is 4. The number of phenolic OH excluding ortho intramolecular Hbond substituents is 2. The minimum Gasteiger partial charge on any atom is -0.507 e. The van der Waals surface area contributed by atoms with E-state index in [1.165, 1.54) is 25.3 Å². The third-order valence-electron chi connectivity index (χ3n) is 3.77. The van der Waals surface area contributed by atoms with Crippen molar-refractivity contribution >= 4 is 17.3 Å². The molecule has 0 spiro atoms. The number of phenols is 2. The van der Waals surface area contributed by atoms with Crippen LogP contribution in [0, 0.1) is 0 Å². The molecule has 118 valence electrons. The number of aromatic hydroxyl groups is 2. The second-order valence-electron chi connectivity index (χ2n) is 5.17. The van der Waals surface area contributed by atoms with Crippen molar-refractivity contribution in [2.24, 2.45) is 0 Å². The van der Waals surface area contributed by atoms with Gasteiger partial charge in [-0.3, -0.25) is 9.59 Å². The maximum absolute atomic E-state index is 12.6. The third kappa shape index (κ3) is 2.33. The average molecular weight is 313 g/mol. The second-order valence-corrected chi connectivity index (χ2v) is 5.17. The molecular formula is C17H15NO5. The van der Waals surface area contributed by atoms with Gasteiger partial charge >= 0.3 is 0 Å². The molecule has 0 saturated heterocycles. The fourth-order valence-electron chi connectivity index (χ4n) is 2.68. The van der Waals surface area contributed by atoms with Gasteiger partial charge in [-0.05, 0) is 0 Å². The van der Waals surface area contributed by atoms with Gasteiger partial charge in [-0.2, -0.15) is 0 Å². The number of carbonyl (C=O) groups excluding carboxylic acids is 2. The van der Waals surface area contributed by atoms with Crippen molar-refractivity contribution in [3.63, 3.8) is 0 Å². The molecule has 6 heteroatoms. The highest BCUT2D eigenvalue weighted by Gasteiger charge is 2.35. The second kappa shape index (κ2) is 5.73. The molecule has 0 aliphatic heterocycles. The molecule has 0 atom stereocenters. The number of nitrogens with one attached hydrogen (secondary N) is 1. The van der Waals surface area contributed by atoms with Crippen LogP contribution in [0.25, 0.3) is 0 Å². The topological polar surface area (TPSA) is 95.9 Å². The molecule has 1 aliphatic rings. The summed E-state index contributed by atoms with van der Waals surface area (Å²) >= 11 is 0. The fourth-order valence-corrected chi connectivity index (χ4v) is 2.68. The summed E-state index contributed by atoms with van der Waals surface area (Å²) in [5.74, 6) is -1.66. The Bertz CT molecular complexity index is 813. The highest BCUT2D eigenvalue weighted by Crippen LogP contribution is 2.42. The van der Waals surface area contributed by atoms with Crippen molar-refractivity contribution in [1.29, 1.82) is 0 Å². The minimum atomic E-state index is -0.488. The minimum absolute atomic E-state index is 0.163. The molecule has 0 radical (unpaired) electrons. The summed E-state index contributed by atoms with van der Waals surface area (Å²) < 4.78 is 4.90. The zero-order chi connectivity index (χ0) is 16.6. The van der Waals surface area contributed by atoms with Crippen molar-refractivity contribution in [1.82, 2.24) is 0 Å². The summed E-state index contributed by atoms with van der Waals surface area (Å²) in [6.07, 6.45) is 0. The van der Waals surface area contributed by atoms with Crippen molar-refractivity contribution in [3.8, 4) is 11.5 Å². The molecule has 2 aromatic carbocycles. The van der Waals surface area contributed by atoms with E-state index in [1.54, 1.807) is 12.1 Å². The van der Waals surface area contributed by atoms with Crippen molar-refractivity contribution < 1.29 is 24.5 Å². The molecule has 3 N–H and O–H groups in total. The molecule has 0 aromatic heterocycles. The number of anilines is 1. The first-order chi connectivity index (χ1) is 11.1. The number of hydrogen-bond acceptors (Lipinski definition) is 6. The zero-order valence-electron chi connectivity index (χ0n) is 12.4. The predicted octanol–water partition coefficient (Wildman–Crippen LogP) is 1.93. The van der Waals surface area contributed by atoms with Gasteiger partial charge < -0.3 is 20.3 Å². The van der Waals surface area contributed by atoms with E-state index in [9.17, 15) is 19.8 Å². The number of methoxy groups -OCH3 is 1. The van der Waals surface area contributed by atoms with Gasteiger partial charge in [0.15, 0.2) is 17.3 Å². The Balaban J connectivity index is 2.15. The van der Waals surface area contributed by atoms with Crippen LogP contribution < -0.4 is 5.32 Å². The maximum Gasteiger partial charge on any atom is 0.198 e. The van der Waals surface area contributed by atoms with Crippen LogP contribution in [0.5, 0.6) is 11.5 Å². The highest BCUT2D eigenvalue weighted by atomic mass is 16.5. The van der Waals surface area contributed by atoms with Crippen LogP contribution in [0.2, 0.25) is 0 Å². The Morgan fingerprint density at radius 3 is 2.26 bits per heavy atom. The number of benzene rings is 2. The Hall–Kier alpha value is -2.86. The summed E-state index contributed by atoms with van der Waals surface area (Å²) in [7, 11) is 1.53. The summed E-state index contributed by atoms with van der Waals surface area (Å²) in [6.45, 7) is 0.758. The highest BCUT2D eigenvalue weighted by molar-refractivity contribution is 6.30. The monoisotopic (exact) mass is 313 g/mol. The first kappa shape index (κ1) is 15.1. The van der Waals surface area contributed by atoms with E-state index < -0.39 is 11.6 Å². The van der Waals surface area contributed by atoms with Gasteiger partial charge in [0.2, 0.25) is 0 Å². The first-order valence-electron chi connectivity index (χ1n) is 7.06. The van der Waals surface area contributed by atoms with Crippen LogP contribution in [0.1, 0.15) is 31.8 Å². The Morgan fingerprint density at radius 1 is 1.04 bits per heavy atom. The van der Waals surface area contributed by atoms with E-state index in [-0.39, 0.29) is 39.4 Å². The van der Waals surface area contributed by atoms with E-state index in [2.05, 4.69) is 5.32 Å². The maximum atomic E-state index is 12.6. The molecule has 23 heavy (non-hydrogen) atoms. The quantitative estimate of drug-likeness (QED) is 0.387. The van der Waals surface area contributed by atoms with Crippen LogP contribution in [0.15, 0.2) is 30.3 Å². The summed E-state index contributed by atoms with van der Waals surface area (Å²) in [4.78, 5) is 25.2. The van der Waals surface area contributed by atoms with Gasteiger partial charge in [0.25, 0.3) is 0 Å². The molecule has 0 bridgehead atoms. The average Bonchev–Trinajstić information content (AvgIpc) is 2.55. The largest absolute Gasteiger partial charge is 0.507 e. The van der Waals surface area contributed by atoms with Gasteiger partial charge in [0.1, 0.15) is 5.75 Å². The number of hydrogen-bond donors (Lipinski definition) is 3.